The quantitative estimate of drug-likeness (QED) is 0.576. The van der Waals surface area contributed by atoms with Crippen LogP contribution in [0.3, 0.4) is 0 Å². The van der Waals surface area contributed by atoms with Crippen LogP contribution in [0.15, 0.2) is 28.4 Å². The summed E-state index contributed by atoms with van der Waals surface area (Å²) >= 11 is 1.67. The van der Waals surface area contributed by atoms with Gasteiger partial charge >= 0.3 is 0 Å². The zero-order valence-electron chi connectivity index (χ0n) is 5.87. The van der Waals surface area contributed by atoms with Crippen molar-refractivity contribution in [1.82, 2.24) is 0 Å². The van der Waals surface area contributed by atoms with Gasteiger partial charge in [0.2, 0.25) is 0 Å². The number of aliphatic imine (C=N–C) groups is 1. The van der Waals surface area contributed by atoms with E-state index in [9.17, 15) is 0 Å². The smallest absolute Gasteiger partial charge is 0.0765 e. The van der Waals surface area contributed by atoms with Gasteiger partial charge in [-0.15, -0.1) is 11.3 Å². The van der Waals surface area contributed by atoms with Crippen molar-refractivity contribution in [2.45, 2.75) is 6.92 Å². The Bertz CT molecular complexity index is 248. The van der Waals surface area contributed by atoms with Crippen molar-refractivity contribution in [1.29, 1.82) is 0 Å². The first-order chi connectivity index (χ1) is 4.84. The van der Waals surface area contributed by atoms with E-state index >= 15 is 0 Å². The average Bonchev–Trinajstić information content (AvgIpc) is 2.31. The normalized spacial score (nSPS) is 10.5. The molecule has 0 aromatic carbocycles. The lowest BCUT2D eigenvalue weighted by atomic mass is 10.3. The fourth-order valence-electron chi connectivity index (χ4n) is 0.619. The van der Waals surface area contributed by atoms with Gasteiger partial charge in [0.15, 0.2) is 0 Å². The molecule has 0 spiro atoms. The molecule has 2 heteroatoms. The van der Waals surface area contributed by atoms with Gasteiger partial charge in [-0.1, -0.05) is 12.7 Å². The molecule has 0 amide bonds. The molecular formula is C8H9NS. The Morgan fingerprint density at radius 2 is 2.40 bits per heavy atom. The molecule has 1 aromatic heterocycles. The van der Waals surface area contributed by atoms with Gasteiger partial charge in [-0.3, -0.25) is 4.99 Å². The molecule has 0 aliphatic heterocycles. The Balaban J connectivity index is 2.83. The van der Waals surface area contributed by atoms with E-state index in [0.717, 1.165) is 5.69 Å². The second-order valence-corrected chi connectivity index (χ2v) is 2.70. The fraction of sp³-hybridized carbons (Fsp3) is 0.125. The maximum absolute atomic E-state index is 4.15. The van der Waals surface area contributed by atoms with Gasteiger partial charge in [0.25, 0.3) is 0 Å². The first kappa shape index (κ1) is 7.22. The van der Waals surface area contributed by atoms with Gasteiger partial charge in [0, 0.05) is 11.6 Å². The highest BCUT2D eigenvalue weighted by atomic mass is 32.1. The van der Waals surface area contributed by atoms with Gasteiger partial charge in [0.05, 0.1) is 5.69 Å². The Labute approximate surface area is 64.7 Å². The van der Waals surface area contributed by atoms with Crippen LogP contribution < -0.4 is 0 Å². The molecule has 0 saturated carbocycles. The molecule has 0 fully saturated rings. The zero-order valence-corrected chi connectivity index (χ0v) is 6.69. The molecule has 0 radical (unpaired) electrons. The minimum absolute atomic E-state index is 1.05. The van der Waals surface area contributed by atoms with Crippen molar-refractivity contribution in [3.63, 3.8) is 0 Å². The minimum Gasteiger partial charge on any atom is -0.256 e. The van der Waals surface area contributed by atoms with E-state index in [2.05, 4.69) is 17.0 Å². The second-order valence-electron chi connectivity index (χ2n) is 1.95. The summed E-state index contributed by atoms with van der Waals surface area (Å²) < 4.78 is 0. The van der Waals surface area contributed by atoms with E-state index in [1.165, 1.54) is 5.56 Å². The molecule has 1 aromatic rings. The van der Waals surface area contributed by atoms with E-state index in [0.29, 0.717) is 0 Å². The average molecular weight is 151 g/mol. The van der Waals surface area contributed by atoms with E-state index < -0.39 is 0 Å². The standard InChI is InChI=1S/C8H9NS/c1-3-4-9-8-6-10-5-7(8)2/h3-6H,1H2,2H3. The van der Waals surface area contributed by atoms with Crippen molar-refractivity contribution in [2.24, 2.45) is 4.99 Å². The SMILES string of the molecule is C=CC=Nc1cscc1C. The number of rotatable bonds is 2. The Morgan fingerprint density at radius 3 is 2.90 bits per heavy atom. The van der Waals surface area contributed by atoms with Crippen molar-refractivity contribution < 1.29 is 0 Å². The van der Waals surface area contributed by atoms with Crippen LogP contribution in [0.1, 0.15) is 5.56 Å². The van der Waals surface area contributed by atoms with Gasteiger partial charge in [0.1, 0.15) is 0 Å². The van der Waals surface area contributed by atoms with E-state index in [-0.39, 0.29) is 0 Å². The minimum atomic E-state index is 1.05. The van der Waals surface area contributed by atoms with Crippen LogP contribution >= 0.6 is 11.3 Å². The summed E-state index contributed by atoms with van der Waals surface area (Å²) in [5.41, 5.74) is 2.27. The zero-order chi connectivity index (χ0) is 7.40. The van der Waals surface area contributed by atoms with Crippen LogP contribution in [0.25, 0.3) is 0 Å². The van der Waals surface area contributed by atoms with Crippen molar-refractivity contribution in [3.8, 4) is 0 Å². The lowest BCUT2D eigenvalue weighted by Crippen LogP contribution is -1.63. The Morgan fingerprint density at radius 1 is 1.60 bits per heavy atom. The third kappa shape index (κ3) is 1.54. The van der Waals surface area contributed by atoms with Gasteiger partial charge in [-0.2, -0.15) is 0 Å². The van der Waals surface area contributed by atoms with E-state index in [4.69, 9.17) is 0 Å². The molecule has 10 heavy (non-hydrogen) atoms. The summed E-state index contributed by atoms with van der Waals surface area (Å²) in [5.74, 6) is 0. The molecule has 1 heterocycles. The largest absolute Gasteiger partial charge is 0.256 e. The number of allylic oxidation sites excluding steroid dienone is 1. The molecule has 0 saturated heterocycles. The second kappa shape index (κ2) is 3.32. The van der Waals surface area contributed by atoms with Crippen molar-refractivity contribution in [2.75, 3.05) is 0 Å². The predicted octanol–water partition coefficient (Wildman–Crippen LogP) is 2.94. The van der Waals surface area contributed by atoms with Crippen LogP contribution in [-0.2, 0) is 0 Å². The first-order valence-corrected chi connectivity index (χ1v) is 3.96. The highest BCUT2D eigenvalue weighted by molar-refractivity contribution is 7.08. The summed E-state index contributed by atoms with van der Waals surface area (Å²) in [4.78, 5) is 4.15. The monoisotopic (exact) mass is 151 g/mol. The number of hydrogen-bond donors (Lipinski definition) is 0. The van der Waals surface area contributed by atoms with Gasteiger partial charge in [-0.05, 0) is 17.9 Å². The van der Waals surface area contributed by atoms with Crippen LogP contribution in [0.4, 0.5) is 5.69 Å². The first-order valence-electron chi connectivity index (χ1n) is 3.02. The molecule has 0 N–H and O–H groups in total. The molecule has 1 rings (SSSR count). The number of hydrogen-bond acceptors (Lipinski definition) is 2. The predicted molar refractivity (Wildman–Crippen MR) is 47.4 cm³/mol. The van der Waals surface area contributed by atoms with Crippen LogP contribution in [-0.4, -0.2) is 6.21 Å². The van der Waals surface area contributed by atoms with E-state index in [1.54, 1.807) is 23.6 Å². The number of aryl methyl sites for hydroxylation is 1. The summed E-state index contributed by atoms with van der Waals surface area (Å²) in [6.45, 7) is 5.59. The Hall–Kier alpha value is -0.890. The molecule has 0 atom stereocenters. The van der Waals surface area contributed by atoms with Crippen LogP contribution in [0.5, 0.6) is 0 Å². The summed E-state index contributed by atoms with van der Waals surface area (Å²) in [6, 6.07) is 0. The summed E-state index contributed by atoms with van der Waals surface area (Å²) in [7, 11) is 0. The lowest BCUT2D eigenvalue weighted by Gasteiger charge is -1.85. The van der Waals surface area contributed by atoms with E-state index in [1.807, 2.05) is 12.3 Å². The number of nitrogens with zero attached hydrogens (tertiary/aromatic N) is 1. The molecule has 0 aliphatic rings. The molecule has 1 nitrogen and oxygen atoms in total. The molecular weight excluding hydrogens is 142 g/mol. The van der Waals surface area contributed by atoms with Gasteiger partial charge < -0.3 is 0 Å². The Kier molecular flexibility index (Phi) is 2.40. The lowest BCUT2D eigenvalue weighted by molar-refractivity contribution is 1.47. The summed E-state index contributed by atoms with van der Waals surface area (Å²) in [6.07, 6.45) is 3.38. The highest BCUT2D eigenvalue weighted by Gasteiger charge is 1.92. The maximum atomic E-state index is 4.15. The molecule has 0 unspecified atom stereocenters. The molecule has 0 aliphatic carbocycles. The third-order valence-corrected chi connectivity index (χ3v) is 2.00. The fourth-order valence-corrected chi connectivity index (χ4v) is 1.39. The van der Waals surface area contributed by atoms with Crippen LogP contribution in [0, 0.1) is 6.92 Å². The highest BCUT2D eigenvalue weighted by Crippen LogP contribution is 2.21. The molecule has 52 valence electrons. The maximum Gasteiger partial charge on any atom is 0.0765 e. The third-order valence-electron chi connectivity index (χ3n) is 1.15. The van der Waals surface area contributed by atoms with Crippen LogP contribution in [0.2, 0.25) is 0 Å². The summed E-state index contributed by atoms with van der Waals surface area (Å²) in [5, 5.41) is 4.10. The topological polar surface area (TPSA) is 12.4 Å². The van der Waals surface area contributed by atoms with Crippen molar-refractivity contribution >= 4 is 23.2 Å². The van der Waals surface area contributed by atoms with Gasteiger partial charge in [-0.25, -0.2) is 0 Å². The van der Waals surface area contributed by atoms with Crippen molar-refractivity contribution in [3.05, 3.63) is 29.0 Å². The number of thiophene rings is 1. The molecule has 0 bridgehead atoms.